The van der Waals surface area contributed by atoms with Gasteiger partial charge in [-0.25, -0.2) is 0 Å². The van der Waals surface area contributed by atoms with Crippen LogP contribution in [0, 0.1) is 19.8 Å². The Balaban J connectivity index is 1.41. The molecule has 0 aliphatic carbocycles. The van der Waals surface area contributed by atoms with E-state index in [9.17, 15) is 9.59 Å². The zero-order valence-electron chi connectivity index (χ0n) is 18.6. The maximum Gasteiger partial charge on any atom is 0.258 e. The summed E-state index contributed by atoms with van der Waals surface area (Å²) in [5.74, 6) is 0.176. The molecule has 1 fully saturated rings. The highest BCUT2D eigenvalue weighted by atomic mass is 35.5. The molecule has 5 rings (SSSR count). The Bertz CT molecular complexity index is 1260. The zero-order valence-corrected chi connectivity index (χ0v) is 19.4. The molecule has 0 radical (unpaired) electrons. The fraction of sp³-hybridized carbons (Fsp3) is 0.259. The van der Waals surface area contributed by atoms with Gasteiger partial charge in [0.05, 0.1) is 12.7 Å². The quantitative estimate of drug-likeness (QED) is 0.525. The van der Waals surface area contributed by atoms with Gasteiger partial charge in [0, 0.05) is 45.6 Å². The normalized spacial score (nSPS) is 19.1. The number of carbonyl (C=O) groups excluding carboxylic acids is 2. The second-order valence-corrected chi connectivity index (χ2v) is 9.20. The first-order valence-electron chi connectivity index (χ1n) is 11.1. The van der Waals surface area contributed by atoms with Crippen molar-refractivity contribution in [1.29, 1.82) is 0 Å². The Morgan fingerprint density at radius 2 is 1.82 bits per heavy atom. The fourth-order valence-electron chi connectivity index (χ4n) is 4.69. The summed E-state index contributed by atoms with van der Waals surface area (Å²) in [4.78, 5) is 28.1. The Kier molecular flexibility index (Phi) is 5.69. The van der Waals surface area contributed by atoms with Crippen LogP contribution in [0.2, 0.25) is 5.02 Å². The second-order valence-electron chi connectivity index (χ2n) is 8.76. The molecule has 6 heteroatoms. The number of nitrogens with zero attached hydrogens (tertiary/aromatic N) is 1. The number of benzene rings is 3. The summed E-state index contributed by atoms with van der Waals surface area (Å²) in [7, 11) is 0. The highest BCUT2D eigenvalue weighted by molar-refractivity contribution is 6.30. The van der Waals surface area contributed by atoms with E-state index < -0.39 is 0 Å². The van der Waals surface area contributed by atoms with Gasteiger partial charge in [0.15, 0.2) is 0 Å². The van der Waals surface area contributed by atoms with E-state index in [1.165, 1.54) is 0 Å². The smallest absolute Gasteiger partial charge is 0.258 e. The zero-order chi connectivity index (χ0) is 23.1. The predicted molar refractivity (Wildman–Crippen MR) is 130 cm³/mol. The van der Waals surface area contributed by atoms with E-state index in [-0.39, 0.29) is 17.9 Å². The number of halogens is 1. The summed E-state index contributed by atoms with van der Waals surface area (Å²) in [6.45, 7) is 5.14. The highest BCUT2D eigenvalue weighted by Gasteiger charge is 2.39. The molecule has 2 amide bonds. The molecule has 2 atom stereocenters. The Morgan fingerprint density at radius 1 is 1.00 bits per heavy atom. The van der Waals surface area contributed by atoms with Crippen molar-refractivity contribution in [1.82, 2.24) is 0 Å². The maximum absolute atomic E-state index is 13.6. The number of hydrogen-bond acceptors (Lipinski definition) is 3. The van der Waals surface area contributed by atoms with Crippen molar-refractivity contribution in [2.45, 2.75) is 26.4 Å². The monoisotopic (exact) mass is 460 g/mol. The van der Waals surface area contributed by atoms with Gasteiger partial charge in [-0.2, -0.15) is 0 Å². The number of amides is 2. The lowest BCUT2D eigenvalue weighted by atomic mass is 9.89. The Hall–Kier alpha value is -3.15. The molecule has 0 unspecified atom stereocenters. The van der Waals surface area contributed by atoms with E-state index in [1.807, 2.05) is 61.2 Å². The minimum Gasteiger partial charge on any atom is -0.373 e. The SMILES string of the molecule is Cc1ccccc1C(=O)Nc1ccc(C(=O)N2CC[C@H]3CO[C@H]3c3cc(Cl)ccc32)c(C)c1. The molecule has 3 aromatic carbocycles. The van der Waals surface area contributed by atoms with Crippen molar-refractivity contribution in [2.24, 2.45) is 5.92 Å². The molecule has 1 N–H and O–H groups in total. The molecule has 168 valence electrons. The molecule has 2 heterocycles. The van der Waals surface area contributed by atoms with E-state index in [0.717, 1.165) is 28.8 Å². The van der Waals surface area contributed by atoms with Crippen LogP contribution in [0.4, 0.5) is 11.4 Å². The van der Waals surface area contributed by atoms with Gasteiger partial charge < -0.3 is 15.0 Å². The average Bonchev–Trinajstić information content (AvgIpc) is 2.86. The van der Waals surface area contributed by atoms with Gasteiger partial charge in [-0.15, -0.1) is 0 Å². The van der Waals surface area contributed by atoms with Crippen LogP contribution < -0.4 is 10.2 Å². The number of ether oxygens (including phenoxy) is 1. The molecule has 0 saturated carbocycles. The van der Waals surface area contributed by atoms with Crippen molar-refractivity contribution in [2.75, 3.05) is 23.4 Å². The lowest BCUT2D eigenvalue weighted by Crippen LogP contribution is -2.34. The highest BCUT2D eigenvalue weighted by Crippen LogP contribution is 2.45. The maximum atomic E-state index is 13.6. The minimum absolute atomic E-state index is 0.00312. The van der Waals surface area contributed by atoms with Gasteiger partial charge in [0.25, 0.3) is 11.8 Å². The number of hydrogen-bond donors (Lipinski definition) is 1. The lowest BCUT2D eigenvalue weighted by molar-refractivity contribution is -0.117. The minimum atomic E-state index is -0.166. The molecule has 5 nitrogen and oxygen atoms in total. The molecule has 1 saturated heterocycles. The van der Waals surface area contributed by atoms with Crippen molar-refractivity contribution in [3.8, 4) is 0 Å². The fourth-order valence-corrected chi connectivity index (χ4v) is 4.87. The van der Waals surface area contributed by atoms with Gasteiger partial charge in [0.1, 0.15) is 0 Å². The van der Waals surface area contributed by atoms with E-state index >= 15 is 0 Å². The van der Waals surface area contributed by atoms with E-state index in [2.05, 4.69) is 5.32 Å². The number of fused-ring (bicyclic) bond motifs is 3. The third-order valence-corrected chi connectivity index (χ3v) is 6.81. The summed E-state index contributed by atoms with van der Waals surface area (Å²) in [6, 6.07) is 18.5. The van der Waals surface area contributed by atoms with Crippen LogP contribution in [0.25, 0.3) is 0 Å². The van der Waals surface area contributed by atoms with E-state index in [4.69, 9.17) is 16.3 Å². The number of carbonyl (C=O) groups is 2. The van der Waals surface area contributed by atoms with Crippen molar-refractivity contribution in [3.63, 3.8) is 0 Å². The average molecular weight is 461 g/mol. The Labute approximate surface area is 198 Å². The first kappa shape index (κ1) is 21.7. The molecule has 2 aliphatic rings. The Morgan fingerprint density at radius 3 is 2.55 bits per heavy atom. The standard InChI is InChI=1S/C27H25ClN2O3/c1-16-5-3-4-6-21(16)26(31)29-20-8-9-22(17(2)13-20)27(32)30-12-11-18-15-33-25(18)23-14-19(28)7-10-24(23)30/h3-10,13-14,18,25H,11-12,15H2,1-2H3,(H,29,31)/t18-,25+/m0/s1. The number of rotatable bonds is 3. The lowest BCUT2D eigenvalue weighted by Gasteiger charge is -2.36. The number of aryl methyl sites for hydroxylation is 2. The molecular weight excluding hydrogens is 436 g/mol. The molecular formula is C27H25ClN2O3. The summed E-state index contributed by atoms with van der Waals surface area (Å²) in [6.07, 6.45) is 0.878. The molecule has 0 spiro atoms. The van der Waals surface area contributed by atoms with Crippen LogP contribution in [0.1, 0.15) is 49.9 Å². The van der Waals surface area contributed by atoms with Crippen molar-refractivity contribution in [3.05, 3.63) is 93.5 Å². The number of nitrogens with one attached hydrogen (secondary N) is 1. The molecule has 33 heavy (non-hydrogen) atoms. The van der Waals surface area contributed by atoms with Gasteiger partial charge in [0.2, 0.25) is 0 Å². The molecule has 3 aromatic rings. The molecule has 0 bridgehead atoms. The van der Waals surface area contributed by atoms with Crippen LogP contribution in [-0.4, -0.2) is 25.0 Å². The first-order valence-corrected chi connectivity index (χ1v) is 11.5. The predicted octanol–water partition coefficient (Wildman–Crippen LogP) is 5.95. The summed E-state index contributed by atoms with van der Waals surface area (Å²) in [5, 5.41) is 3.58. The van der Waals surface area contributed by atoms with Crippen LogP contribution in [-0.2, 0) is 4.74 Å². The van der Waals surface area contributed by atoms with Gasteiger partial charge in [-0.1, -0.05) is 29.8 Å². The van der Waals surface area contributed by atoms with Gasteiger partial charge >= 0.3 is 0 Å². The number of anilines is 2. The third-order valence-electron chi connectivity index (χ3n) is 6.58. The largest absolute Gasteiger partial charge is 0.373 e. The van der Waals surface area contributed by atoms with Crippen LogP contribution in [0.15, 0.2) is 60.7 Å². The molecule has 2 aliphatic heterocycles. The first-order chi connectivity index (χ1) is 15.9. The van der Waals surface area contributed by atoms with E-state index in [0.29, 0.717) is 40.9 Å². The van der Waals surface area contributed by atoms with E-state index in [1.54, 1.807) is 18.2 Å². The van der Waals surface area contributed by atoms with Crippen molar-refractivity contribution < 1.29 is 14.3 Å². The summed E-state index contributed by atoms with van der Waals surface area (Å²) < 4.78 is 5.81. The van der Waals surface area contributed by atoms with Gasteiger partial charge in [-0.05, 0) is 73.9 Å². The summed E-state index contributed by atoms with van der Waals surface area (Å²) in [5.41, 5.74) is 5.45. The van der Waals surface area contributed by atoms with Gasteiger partial charge in [-0.3, -0.25) is 9.59 Å². The van der Waals surface area contributed by atoms with Crippen LogP contribution in [0.5, 0.6) is 0 Å². The third kappa shape index (κ3) is 4.03. The second kappa shape index (κ2) is 8.65. The van der Waals surface area contributed by atoms with Crippen LogP contribution >= 0.6 is 11.6 Å². The topological polar surface area (TPSA) is 58.6 Å². The van der Waals surface area contributed by atoms with Crippen LogP contribution in [0.3, 0.4) is 0 Å². The molecule has 0 aromatic heterocycles. The summed E-state index contributed by atoms with van der Waals surface area (Å²) >= 11 is 6.26. The van der Waals surface area contributed by atoms with Crippen molar-refractivity contribution >= 4 is 34.8 Å².